The van der Waals surface area contributed by atoms with Gasteiger partial charge in [-0.2, -0.15) is 0 Å². The first-order chi connectivity index (χ1) is 38.7. The quantitative estimate of drug-likeness (QED) is 0.185. The molecule has 1 aliphatic heterocycles. The highest BCUT2D eigenvalue weighted by Crippen LogP contribution is 2.61. The summed E-state index contributed by atoms with van der Waals surface area (Å²) < 4.78 is 91.2. The Morgan fingerprint density at radius 2 is 0.182 bits per heavy atom. The van der Waals surface area contributed by atoms with Gasteiger partial charge in [0.2, 0.25) is 0 Å². The lowest BCUT2D eigenvalue weighted by Gasteiger charge is -2.60. The first-order valence-corrected chi connectivity index (χ1v) is 52.2. The molecule has 0 unspecified atom stereocenters. The van der Waals surface area contributed by atoms with E-state index in [1.807, 2.05) is 62.7 Å². The van der Waals surface area contributed by atoms with Gasteiger partial charge >= 0.3 is 94.2 Å². The van der Waals surface area contributed by atoms with Gasteiger partial charge in [-0.1, -0.05) is 291 Å². The van der Waals surface area contributed by atoms with Crippen molar-refractivity contribution < 1.29 is 45.3 Å². The maximum atomic E-state index is 8.29. The third kappa shape index (κ3) is 15.5. The summed E-state index contributed by atoms with van der Waals surface area (Å²) in [4.78, 5) is 0. The second-order valence-corrected chi connectivity index (χ2v) is 80.1. The van der Waals surface area contributed by atoms with Gasteiger partial charge in [0.15, 0.2) is 0 Å². The molecule has 11 nitrogen and oxygen atoms in total. The topological polar surface area (TPSA) is 102 Å². The highest BCUT2D eigenvalue weighted by molar-refractivity contribution is 7.04. The third-order valence-electron chi connectivity index (χ3n) is 17.8. The van der Waals surface area contributed by atoms with Crippen LogP contribution in [0.3, 0.4) is 0 Å². The molecule has 88 heavy (non-hydrogen) atoms. The van der Waals surface area contributed by atoms with E-state index >= 15 is 0 Å². The van der Waals surface area contributed by atoms with Gasteiger partial charge in [0.05, 0.1) is 0 Å². The molecule has 0 radical (unpaired) electrons. The van der Waals surface area contributed by atoms with Crippen molar-refractivity contribution in [1.29, 1.82) is 0 Å². The highest BCUT2D eigenvalue weighted by atomic mass is 28.5. The minimum atomic E-state index is -4.07. The van der Waals surface area contributed by atoms with E-state index in [1.54, 1.807) is 0 Å². The third-order valence-corrected chi connectivity index (χ3v) is 73.4. The molecular weight excluding hydrogens is 1280 g/mol. The summed E-state index contributed by atoms with van der Waals surface area (Å²) in [5, 5.41) is -8.38. The Bertz CT molecular complexity index is 1940. The van der Waals surface area contributed by atoms with E-state index < -0.39 is 150 Å². The Labute approximate surface area is 554 Å². The maximum absolute atomic E-state index is 8.29. The molecule has 0 N–H and O–H groups in total. The Morgan fingerprint density at radius 1 is 0.136 bits per heavy atom. The van der Waals surface area contributed by atoms with Gasteiger partial charge in [-0.15, -0.1) is 72.4 Å². The zero-order chi connectivity index (χ0) is 70.6. The number of hydrogen-bond donors (Lipinski definition) is 0. The average Bonchev–Trinajstić information content (AvgIpc) is 3.33. The van der Waals surface area contributed by atoms with Crippen LogP contribution in [0.15, 0.2) is 135 Å². The zero-order valence-electron chi connectivity index (χ0n) is 62.6. The molecule has 0 aliphatic carbocycles. The number of rotatable bonds is 11. The maximum Gasteiger partial charge on any atom is 0.352 e. The summed E-state index contributed by atoms with van der Waals surface area (Å²) >= 11 is 0. The van der Waals surface area contributed by atoms with E-state index in [0.717, 1.165) is 0 Å². The van der Waals surface area contributed by atoms with Crippen molar-refractivity contribution in [3.63, 3.8) is 0 Å². The van der Waals surface area contributed by atoms with E-state index in [1.165, 1.54) is 0 Å². The van der Waals surface area contributed by atoms with Crippen molar-refractivity contribution in [2.24, 2.45) is 0 Å². The predicted molar refractivity (Wildman–Crippen MR) is 404 cm³/mol. The fourth-order valence-corrected chi connectivity index (χ4v) is 77.2. The van der Waals surface area contributed by atoms with Crippen LogP contribution in [0.2, 0.25) is 55.4 Å². The average molecular weight is 1410 g/mol. The Balaban J connectivity index is 5.95. The predicted octanol–water partition coefficient (Wildman–Crippen LogP) is 21.8. The molecule has 1 fully saturated rings. The van der Waals surface area contributed by atoms with Crippen LogP contribution in [0.4, 0.5) is 0 Å². The molecule has 0 spiro atoms. The van der Waals surface area contributed by atoms with Crippen molar-refractivity contribution in [3.05, 3.63) is 135 Å². The molecule has 506 valence electrons. The van der Waals surface area contributed by atoms with Gasteiger partial charge in [0.1, 0.15) is 0 Å². The summed E-state index contributed by atoms with van der Waals surface area (Å²) in [6.07, 6.45) is 0. The van der Waals surface area contributed by atoms with E-state index in [0.29, 0.717) is 0 Å². The molecule has 0 bridgehead atoms. The fourth-order valence-electron chi connectivity index (χ4n) is 10.4. The van der Waals surface area contributed by atoms with Crippen LogP contribution in [0.5, 0.6) is 0 Å². The lowest BCUT2D eigenvalue weighted by molar-refractivity contribution is 0.186. The molecule has 0 saturated carbocycles. The van der Waals surface area contributed by atoms with Gasteiger partial charge in [-0.3, -0.25) is 0 Å². The summed E-state index contributed by atoms with van der Waals surface area (Å²) in [7, 11) is -44.8. The van der Waals surface area contributed by atoms with E-state index in [2.05, 4.69) is 301 Å². The van der Waals surface area contributed by atoms with Gasteiger partial charge in [-0.05, 0) is 0 Å². The van der Waals surface area contributed by atoms with Crippen LogP contribution in [0.25, 0.3) is 0 Å². The first kappa shape index (κ1) is 85.1. The molecule has 0 aromatic rings. The molecule has 0 aromatic heterocycles. The van der Waals surface area contributed by atoms with Crippen molar-refractivity contribution in [3.8, 4) is 0 Å². The smallest absolute Gasteiger partial charge is 0.352 e. The summed E-state index contributed by atoms with van der Waals surface area (Å²) in [5.74, 6) is 0. The molecular formula is C66H132O11Si11. The largest absolute Gasteiger partial charge is 0.409 e. The van der Waals surface area contributed by atoms with Crippen LogP contribution in [-0.2, 0) is 45.3 Å². The van der Waals surface area contributed by atoms with Gasteiger partial charge < -0.3 is 45.3 Å². The van der Waals surface area contributed by atoms with Crippen LogP contribution < -0.4 is 0 Å². The molecule has 22 heteroatoms. The van der Waals surface area contributed by atoms with Crippen molar-refractivity contribution in [2.45, 2.75) is 284 Å². The zero-order valence-corrected chi connectivity index (χ0v) is 73.6. The van der Waals surface area contributed by atoms with Crippen LogP contribution in [0.1, 0.15) is 228 Å². The monoisotopic (exact) mass is 1410 g/mol. The van der Waals surface area contributed by atoms with Crippen LogP contribution in [0, 0.1) is 0 Å². The highest BCUT2D eigenvalue weighted by Gasteiger charge is 2.74. The van der Waals surface area contributed by atoms with Gasteiger partial charge in [-0.25, -0.2) is 0 Å². The number of hydrogen-bond acceptors (Lipinski definition) is 11. The Kier molecular flexibility index (Phi) is 25.7. The Morgan fingerprint density at radius 3 is 0.205 bits per heavy atom. The van der Waals surface area contributed by atoms with Crippen molar-refractivity contribution in [1.82, 2.24) is 0 Å². The van der Waals surface area contributed by atoms with Gasteiger partial charge in [0, 0.05) is 55.4 Å². The SMILES string of the molecule is C=C[Si]1(C(C)(C)C)O[Si](C=C)(C(C)(C)C)O[Si](C=C)(C(C)(C)C)O[Si](C=C)(C(C)(C)C)O[Si](C=C)(C(C)(C)C)O[Si](C=C)(C(C)(C)C)O[Si](C=C)(C(C)(C)C)O[Si](C=C)(C(C)(C)C)O[Si](C=C)(C(C)(C)C)O[Si](C=C)(C(C)(C)C)O[Si](C=C)(C(C)(C)C)O1. The molecule has 1 heterocycles. The van der Waals surface area contributed by atoms with Crippen molar-refractivity contribution in [2.75, 3.05) is 0 Å². The fraction of sp³-hybridized carbons (Fsp3) is 0.667. The minimum Gasteiger partial charge on any atom is -0.409 e. The standard InChI is InChI=1S/C66H132O11Si11/c1-45-78(56(12,13)14)67-79(46-2,57(15,16)17)69-81(48-4,59(21,22)23)71-83(50-6,61(27,28)29)73-85(52-8,63(33,34)35)75-87(54-10,65(39,40)41)77-88(55-11,66(42,43)44)76-86(53-9,64(36,37)38)74-84(51-7,62(30,31)32)72-82(49-5,60(24,25)26)70-80(47-3,68-78)58(18,19)20/h45-55H,1-11H2,12-44H3. The summed E-state index contributed by atoms with van der Waals surface area (Å²) in [6.45, 7) is 122. The normalized spacial score (nSPS) is 35.4. The molecule has 1 aliphatic rings. The van der Waals surface area contributed by atoms with Gasteiger partial charge in [0.25, 0.3) is 0 Å². The molecule has 1 rings (SSSR count). The molecule has 0 atom stereocenters. The van der Waals surface area contributed by atoms with Crippen molar-refractivity contribution >= 4 is 94.2 Å². The lowest BCUT2D eigenvalue weighted by atomic mass is 10.2. The molecule has 0 aromatic carbocycles. The van der Waals surface area contributed by atoms with E-state index in [-0.39, 0.29) is 0 Å². The first-order valence-electron chi connectivity index (χ1n) is 31.4. The van der Waals surface area contributed by atoms with Crippen LogP contribution in [-0.4, -0.2) is 94.2 Å². The Hall–Kier alpha value is -0.914. The molecule has 1 saturated heterocycles. The van der Waals surface area contributed by atoms with Crippen LogP contribution >= 0.6 is 0 Å². The van der Waals surface area contributed by atoms with E-state index in [9.17, 15) is 0 Å². The second kappa shape index (κ2) is 26.6. The summed E-state index contributed by atoms with van der Waals surface area (Å²) in [5.41, 5.74) is 20.8. The second-order valence-electron chi connectivity index (χ2n) is 35.5. The van der Waals surface area contributed by atoms with E-state index in [4.69, 9.17) is 45.3 Å². The minimum absolute atomic E-state index is 0.762. The summed E-state index contributed by atoms with van der Waals surface area (Å²) in [6, 6.07) is 0. The molecule has 0 amide bonds. The lowest BCUT2D eigenvalue weighted by Crippen LogP contribution is -2.75.